The maximum atomic E-state index is 12.5. The molecular weight excluding hydrogens is 336 g/mol. The molecule has 6 heteroatoms. The Labute approximate surface area is 150 Å². The van der Waals surface area contributed by atoms with E-state index in [4.69, 9.17) is 5.21 Å². The highest BCUT2D eigenvalue weighted by molar-refractivity contribution is 7.16. The van der Waals surface area contributed by atoms with E-state index in [1.54, 1.807) is 41.9 Å². The number of hydroxylamine groups is 1. The minimum Gasteiger partial charge on any atom is -0.321 e. The molecule has 128 valence electrons. The van der Waals surface area contributed by atoms with Crippen molar-refractivity contribution in [1.82, 2.24) is 5.48 Å². The van der Waals surface area contributed by atoms with Crippen molar-refractivity contribution in [3.05, 3.63) is 82.6 Å². The first-order chi connectivity index (χ1) is 12.1. The predicted octanol–water partition coefficient (Wildman–Crippen LogP) is 4.26. The van der Waals surface area contributed by atoms with Crippen LogP contribution in [0.1, 0.15) is 31.8 Å². The van der Waals surface area contributed by atoms with E-state index in [9.17, 15) is 9.59 Å². The Morgan fingerprint density at radius 3 is 2.52 bits per heavy atom. The normalized spacial score (nSPS) is 11.4. The van der Waals surface area contributed by atoms with Crippen molar-refractivity contribution in [3.8, 4) is 0 Å². The van der Waals surface area contributed by atoms with Crippen molar-refractivity contribution in [2.24, 2.45) is 0 Å². The van der Waals surface area contributed by atoms with Gasteiger partial charge in [0.2, 0.25) is 0 Å². The molecule has 2 amide bonds. The first kappa shape index (κ1) is 18.4. The lowest BCUT2D eigenvalue weighted by Gasteiger charge is -2.02. The molecule has 0 fully saturated rings. The van der Waals surface area contributed by atoms with Gasteiger partial charge in [-0.3, -0.25) is 14.8 Å². The summed E-state index contributed by atoms with van der Waals surface area (Å²) in [5.41, 5.74) is 3.55. The molecule has 25 heavy (non-hydrogen) atoms. The van der Waals surface area contributed by atoms with E-state index in [0.717, 1.165) is 11.3 Å². The van der Waals surface area contributed by atoms with Crippen molar-refractivity contribution >= 4 is 34.4 Å². The number of thiophene rings is 1. The average molecular weight is 354 g/mol. The smallest absolute Gasteiger partial charge is 0.285 e. The molecule has 0 aliphatic carbocycles. The van der Waals surface area contributed by atoms with Crippen LogP contribution in [0.15, 0.2) is 67.3 Å². The fourth-order valence-electron chi connectivity index (χ4n) is 2.19. The van der Waals surface area contributed by atoms with E-state index in [1.807, 2.05) is 31.2 Å². The van der Waals surface area contributed by atoms with Crippen molar-refractivity contribution in [2.75, 3.05) is 5.32 Å². The molecule has 0 atom stereocenters. The Bertz CT molecular complexity index is 836. The summed E-state index contributed by atoms with van der Waals surface area (Å²) in [5.74, 6) is -0.994. The average Bonchev–Trinajstić information content (AvgIpc) is 3.07. The van der Waals surface area contributed by atoms with Crippen LogP contribution in [0.5, 0.6) is 0 Å². The highest BCUT2D eigenvalue weighted by atomic mass is 32.1. The first-order valence-electron chi connectivity index (χ1n) is 7.51. The first-order valence-corrected chi connectivity index (χ1v) is 8.32. The van der Waals surface area contributed by atoms with E-state index in [1.165, 1.54) is 0 Å². The Hall–Kier alpha value is -2.96. The third-order valence-corrected chi connectivity index (χ3v) is 4.38. The van der Waals surface area contributed by atoms with Gasteiger partial charge in [-0.15, -0.1) is 11.3 Å². The Balaban J connectivity index is 2.43. The highest BCUT2D eigenvalue weighted by Gasteiger charge is 2.21. The molecule has 0 radical (unpaired) electrons. The molecule has 2 aromatic rings. The lowest BCUT2D eigenvalue weighted by atomic mass is 10.0. The molecule has 2 rings (SSSR count). The third kappa shape index (κ3) is 4.53. The van der Waals surface area contributed by atoms with E-state index in [-0.39, 0.29) is 10.8 Å². The minimum atomic E-state index is -0.668. The zero-order valence-electron chi connectivity index (χ0n) is 13.7. The number of hydrogen-bond donors (Lipinski definition) is 3. The lowest BCUT2D eigenvalue weighted by Crippen LogP contribution is -2.18. The fourth-order valence-corrected chi connectivity index (χ4v) is 3.16. The van der Waals surface area contributed by atoms with Crippen molar-refractivity contribution < 1.29 is 14.8 Å². The van der Waals surface area contributed by atoms with Gasteiger partial charge in [0.05, 0.1) is 4.88 Å². The number of benzene rings is 1. The van der Waals surface area contributed by atoms with Crippen LogP contribution in [0.4, 0.5) is 5.69 Å². The largest absolute Gasteiger partial charge is 0.321 e. The van der Waals surface area contributed by atoms with Gasteiger partial charge in [-0.25, -0.2) is 5.48 Å². The molecule has 0 spiro atoms. The summed E-state index contributed by atoms with van der Waals surface area (Å²) in [6.07, 6.45) is 6.94. The highest BCUT2D eigenvalue weighted by Crippen LogP contribution is 2.30. The van der Waals surface area contributed by atoms with Gasteiger partial charge in [-0.1, -0.05) is 49.1 Å². The van der Waals surface area contributed by atoms with Crippen LogP contribution in [-0.4, -0.2) is 17.0 Å². The monoisotopic (exact) mass is 354 g/mol. The van der Waals surface area contributed by atoms with Crippen LogP contribution in [0.3, 0.4) is 0 Å². The third-order valence-electron chi connectivity index (χ3n) is 3.25. The summed E-state index contributed by atoms with van der Waals surface area (Å²) in [7, 11) is 0. The summed E-state index contributed by atoms with van der Waals surface area (Å²) in [6, 6.07) is 10.7. The second kappa shape index (κ2) is 8.77. The number of para-hydroxylation sites is 1. The lowest BCUT2D eigenvalue weighted by molar-refractivity contribution is 0.0710. The standard InChI is InChI=1S/C19H18N2O3S/c1-3-8-13(9-4-2)15-12-16(25-17(15)19(23)21-24)18(22)20-14-10-6-5-7-11-14/h3-12,24H,1H2,2H3,(H,20,22)(H,21,23)/b9-4-,13-8+. The fraction of sp³-hybridized carbons (Fsp3) is 0.0526. The number of anilines is 1. The number of rotatable bonds is 6. The number of nitrogens with one attached hydrogen (secondary N) is 2. The van der Waals surface area contributed by atoms with Gasteiger partial charge in [0.25, 0.3) is 11.8 Å². The van der Waals surface area contributed by atoms with Gasteiger partial charge < -0.3 is 5.32 Å². The van der Waals surface area contributed by atoms with E-state index in [0.29, 0.717) is 21.7 Å². The molecule has 0 aliphatic rings. The van der Waals surface area contributed by atoms with E-state index < -0.39 is 5.91 Å². The number of amides is 2. The van der Waals surface area contributed by atoms with Gasteiger partial charge in [0.15, 0.2) is 0 Å². The Morgan fingerprint density at radius 1 is 1.20 bits per heavy atom. The van der Waals surface area contributed by atoms with Gasteiger partial charge in [-0.05, 0) is 30.7 Å². The minimum absolute atomic E-state index is 0.243. The number of carbonyl (C=O) groups is 2. The van der Waals surface area contributed by atoms with Crippen molar-refractivity contribution in [3.63, 3.8) is 0 Å². The second-order valence-corrected chi connectivity index (χ2v) is 6.02. The second-order valence-electron chi connectivity index (χ2n) is 4.97. The van der Waals surface area contributed by atoms with Crippen molar-refractivity contribution in [1.29, 1.82) is 0 Å². The summed E-state index contributed by atoms with van der Waals surface area (Å²) in [4.78, 5) is 25.1. The molecule has 0 saturated carbocycles. The summed E-state index contributed by atoms with van der Waals surface area (Å²) < 4.78 is 0. The molecule has 5 nitrogen and oxygen atoms in total. The van der Waals surface area contributed by atoms with E-state index in [2.05, 4.69) is 11.9 Å². The summed E-state index contributed by atoms with van der Waals surface area (Å²) >= 11 is 1.01. The number of allylic oxidation sites excluding steroid dienone is 5. The molecule has 0 bridgehead atoms. The summed E-state index contributed by atoms with van der Waals surface area (Å²) in [5, 5.41) is 11.8. The van der Waals surface area contributed by atoms with Crippen LogP contribution in [-0.2, 0) is 0 Å². The molecule has 0 aliphatic heterocycles. The van der Waals surface area contributed by atoms with Crippen LogP contribution in [0, 0.1) is 0 Å². The van der Waals surface area contributed by atoms with Gasteiger partial charge in [0.1, 0.15) is 4.88 Å². The quantitative estimate of drug-likeness (QED) is 0.412. The molecule has 3 N–H and O–H groups in total. The molecular formula is C19H18N2O3S. The molecule has 1 aromatic heterocycles. The van der Waals surface area contributed by atoms with Gasteiger partial charge >= 0.3 is 0 Å². The maximum Gasteiger partial charge on any atom is 0.285 e. The van der Waals surface area contributed by atoms with E-state index >= 15 is 0 Å². The van der Waals surface area contributed by atoms with Gasteiger partial charge in [-0.2, -0.15) is 0 Å². The Kier molecular flexibility index (Phi) is 6.45. The van der Waals surface area contributed by atoms with Crippen LogP contribution < -0.4 is 10.8 Å². The number of carbonyl (C=O) groups excluding carboxylic acids is 2. The predicted molar refractivity (Wildman–Crippen MR) is 101 cm³/mol. The van der Waals surface area contributed by atoms with Gasteiger partial charge in [0, 0.05) is 11.3 Å². The molecule has 0 saturated heterocycles. The molecule has 0 unspecified atom stereocenters. The van der Waals surface area contributed by atoms with Crippen LogP contribution >= 0.6 is 11.3 Å². The van der Waals surface area contributed by atoms with Crippen LogP contribution in [0.25, 0.3) is 5.57 Å². The maximum absolute atomic E-state index is 12.5. The van der Waals surface area contributed by atoms with Crippen LogP contribution in [0.2, 0.25) is 0 Å². The zero-order valence-corrected chi connectivity index (χ0v) is 14.5. The molecule has 1 heterocycles. The van der Waals surface area contributed by atoms with Crippen molar-refractivity contribution in [2.45, 2.75) is 6.92 Å². The molecule has 1 aromatic carbocycles. The summed E-state index contributed by atoms with van der Waals surface area (Å²) in [6.45, 7) is 5.51. The zero-order chi connectivity index (χ0) is 18.2. The number of hydrogen-bond acceptors (Lipinski definition) is 4. The topological polar surface area (TPSA) is 78.4 Å². The Morgan fingerprint density at radius 2 is 1.92 bits per heavy atom. The SMILES string of the molecule is C=C/C=C(\C=C/C)c1cc(C(=O)Nc2ccccc2)sc1C(=O)NO.